The van der Waals surface area contributed by atoms with E-state index < -0.39 is 0 Å². The summed E-state index contributed by atoms with van der Waals surface area (Å²) in [6.45, 7) is 0. The van der Waals surface area contributed by atoms with E-state index >= 15 is 0 Å². The van der Waals surface area contributed by atoms with Gasteiger partial charge in [-0.05, 0) is 29.7 Å². The Hall–Kier alpha value is -2.16. The number of halogens is 1. The maximum atomic E-state index is 14.1. The molecule has 0 fully saturated rings. The van der Waals surface area contributed by atoms with Crippen molar-refractivity contribution in [3.63, 3.8) is 0 Å². The van der Waals surface area contributed by atoms with Crippen LogP contribution in [0, 0.1) is 5.82 Å². The Balaban J connectivity index is 2.16. The van der Waals surface area contributed by atoms with Crippen molar-refractivity contribution >= 4 is 5.78 Å². The normalized spacial score (nSPS) is 13.5. The van der Waals surface area contributed by atoms with E-state index in [-0.39, 0.29) is 11.6 Å². The summed E-state index contributed by atoms with van der Waals surface area (Å²) in [6.07, 6.45) is 1.21. The van der Waals surface area contributed by atoms with Crippen molar-refractivity contribution in [2.24, 2.45) is 0 Å². The summed E-state index contributed by atoms with van der Waals surface area (Å²) in [7, 11) is 1.51. The van der Waals surface area contributed by atoms with Crippen molar-refractivity contribution in [3.05, 3.63) is 53.3 Å². The summed E-state index contributed by atoms with van der Waals surface area (Å²) < 4.78 is 19.1. The van der Waals surface area contributed by atoms with Crippen LogP contribution in [-0.4, -0.2) is 12.9 Å². The van der Waals surface area contributed by atoms with Crippen LogP contribution in [0.25, 0.3) is 11.1 Å². The van der Waals surface area contributed by atoms with Crippen molar-refractivity contribution in [1.82, 2.24) is 0 Å². The molecule has 96 valence electrons. The lowest BCUT2D eigenvalue weighted by Crippen LogP contribution is -1.94. The molecule has 0 saturated heterocycles. The lowest BCUT2D eigenvalue weighted by molar-refractivity contribution is 0.0994. The minimum absolute atomic E-state index is 0.144. The van der Waals surface area contributed by atoms with Crippen LogP contribution in [0.1, 0.15) is 22.3 Å². The van der Waals surface area contributed by atoms with Gasteiger partial charge in [-0.15, -0.1) is 0 Å². The zero-order valence-electron chi connectivity index (χ0n) is 10.6. The third kappa shape index (κ3) is 1.91. The Labute approximate surface area is 110 Å². The summed E-state index contributed by atoms with van der Waals surface area (Å²) >= 11 is 0. The lowest BCUT2D eigenvalue weighted by Gasteiger charge is -2.10. The Morgan fingerprint density at radius 3 is 2.58 bits per heavy atom. The largest absolute Gasteiger partial charge is 0.497 e. The number of ether oxygens (including phenoxy) is 1. The van der Waals surface area contributed by atoms with Crippen LogP contribution in [-0.2, 0) is 6.42 Å². The van der Waals surface area contributed by atoms with Crippen LogP contribution in [0.3, 0.4) is 0 Å². The number of carbonyl (C=O) groups is 1. The molecule has 1 aliphatic rings. The van der Waals surface area contributed by atoms with Gasteiger partial charge in [-0.2, -0.15) is 0 Å². The maximum absolute atomic E-state index is 14.1. The molecule has 0 heterocycles. The van der Waals surface area contributed by atoms with Gasteiger partial charge in [0.2, 0.25) is 0 Å². The SMILES string of the molecule is COc1ccc(-c2cccc3c2CCC3=O)c(F)c1. The molecule has 3 rings (SSSR count). The van der Waals surface area contributed by atoms with Crippen LogP contribution in [0.15, 0.2) is 36.4 Å². The molecule has 0 aromatic heterocycles. The first kappa shape index (κ1) is 11.9. The van der Waals surface area contributed by atoms with E-state index in [2.05, 4.69) is 0 Å². The molecule has 0 atom stereocenters. The van der Waals surface area contributed by atoms with E-state index in [9.17, 15) is 9.18 Å². The molecule has 2 aromatic carbocycles. The molecule has 0 radical (unpaired) electrons. The summed E-state index contributed by atoms with van der Waals surface area (Å²) in [4.78, 5) is 11.7. The van der Waals surface area contributed by atoms with Crippen LogP contribution < -0.4 is 4.74 Å². The third-order valence-electron chi connectivity index (χ3n) is 3.54. The molecular weight excluding hydrogens is 243 g/mol. The topological polar surface area (TPSA) is 26.3 Å². The van der Waals surface area contributed by atoms with Gasteiger partial charge in [-0.25, -0.2) is 4.39 Å². The van der Waals surface area contributed by atoms with E-state index in [0.717, 1.165) is 16.7 Å². The number of benzene rings is 2. The predicted molar refractivity (Wildman–Crippen MR) is 71.0 cm³/mol. The number of fused-ring (bicyclic) bond motifs is 1. The summed E-state index contributed by atoms with van der Waals surface area (Å²) in [5.74, 6) is 0.308. The van der Waals surface area contributed by atoms with Crippen LogP contribution in [0.4, 0.5) is 4.39 Å². The second-order valence-electron chi connectivity index (χ2n) is 4.60. The minimum Gasteiger partial charge on any atom is -0.497 e. The number of carbonyl (C=O) groups excluding carboxylic acids is 1. The third-order valence-corrected chi connectivity index (χ3v) is 3.54. The molecule has 0 unspecified atom stereocenters. The van der Waals surface area contributed by atoms with Crippen molar-refractivity contribution in [2.45, 2.75) is 12.8 Å². The van der Waals surface area contributed by atoms with Crippen molar-refractivity contribution in [1.29, 1.82) is 0 Å². The molecule has 0 saturated carbocycles. The molecule has 2 aromatic rings. The molecule has 0 aliphatic heterocycles. The highest BCUT2D eigenvalue weighted by atomic mass is 19.1. The van der Waals surface area contributed by atoms with E-state index in [4.69, 9.17) is 4.74 Å². The minimum atomic E-state index is -0.327. The second-order valence-corrected chi connectivity index (χ2v) is 4.60. The average molecular weight is 256 g/mol. The monoisotopic (exact) mass is 256 g/mol. The summed E-state index contributed by atoms with van der Waals surface area (Å²) in [6, 6.07) is 10.3. The van der Waals surface area contributed by atoms with Gasteiger partial charge < -0.3 is 4.74 Å². The maximum Gasteiger partial charge on any atom is 0.163 e. The molecule has 0 N–H and O–H groups in total. The molecule has 19 heavy (non-hydrogen) atoms. The first-order valence-electron chi connectivity index (χ1n) is 6.19. The van der Waals surface area contributed by atoms with Crippen molar-refractivity contribution in [2.75, 3.05) is 7.11 Å². The molecule has 3 heteroatoms. The number of hydrogen-bond acceptors (Lipinski definition) is 2. The van der Waals surface area contributed by atoms with Crippen LogP contribution in [0.5, 0.6) is 5.75 Å². The fourth-order valence-corrected chi connectivity index (χ4v) is 2.58. The Morgan fingerprint density at radius 1 is 1.05 bits per heavy atom. The number of Topliss-reactive ketones (excluding diaryl/α,β-unsaturated/α-hetero) is 1. The molecule has 0 amide bonds. The Bertz CT molecular complexity index is 662. The number of hydrogen-bond donors (Lipinski definition) is 0. The lowest BCUT2D eigenvalue weighted by atomic mass is 9.96. The van der Waals surface area contributed by atoms with Gasteiger partial charge >= 0.3 is 0 Å². The van der Waals surface area contributed by atoms with E-state index in [1.807, 2.05) is 12.1 Å². The van der Waals surface area contributed by atoms with Crippen LogP contribution >= 0.6 is 0 Å². The fraction of sp³-hybridized carbons (Fsp3) is 0.188. The standard InChI is InChI=1S/C16H13FO2/c1-19-10-5-6-13(15(17)9-10)11-3-2-4-14-12(11)7-8-16(14)18/h2-6,9H,7-8H2,1H3. The Morgan fingerprint density at radius 2 is 1.84 bits per heavy atom. The predicted octanol–water partition coefficient (Wildman–Crippen LogP) is 3.63. The van der Waals surface area contributed by atoms with Gasteiger partial charge in [-0.3, -0.25) is 4.79 Å². The van der Waals surface area contributed by atoms with Crippen molar-refractivity contribution in [3.8, 4) is 16.9 Å². The Kier molecular flexibility index (Phi) is 2.82. The highest BCUT2D eigenvalue weighted by Crippen LogP contribution is 2.34. The second kappa shape index (κ2) is 4.50. The summed E-state index contributed by atoms with van der Waals surface area (Å²) in [5.41, 5.74) is 3.01. The average Bonchev–Trinajstić information content (AvgIpc) is 2.81. The first-order valence-corrected chi connectivity index (χ1v) is 6.19. The van der Waals surface area contributed by atoms with Gasteiger partial charge in [0.15, 0.2) is 5.78 Å². The zero-order valence-corrected chi connectivity index (χ0v) is 10.6. The molecule has 0 spiro atoms. The quantitative estimate of drug-likeness (QED) is 0.820. The molecule has 2 nitrogen and oxygen atoms in total. The fourth-order valence-electron chi connectivity index (χ4n) is 2.58. The smallest absolute Gasteiger partial charge is 0.163 e. The summed E-state index contributed by atoms with van der Waals surface area (Å²) in [5, 5.41) is 0. The van der Waals surface area contributed by atoms with E-state index in [1.165, 1.54) is 13.2 Å². The zero-order chi connectivity index (χ0) is 13.4. The van der Waals surface area contributed by atoms with Gasteiger partial charge in [0.25, 0.3) is 0 Å². The number of rotatable bonds is 2. The first-order chi connectivity index (χ1) is 9.20. The van der Waals surface area contributed by atoms with Gasteiger partial charge in [0, 0.05) is 23.6 Å². The van der Waals surface area contributed by atoms with Crippen molar-refractivity contribution < 1.29 is 13.9 Å². The van der Waals surface area contributed by atoms with E-state index in [1.54, 1.807) is 18.2 Å². The number of ketones is 1. The van der Waals surface area contributed by atoms with Gasteiger partial charge in [0.05, 0.1) is 7.11 Å². The van der Waals surface area contributed by atoms with Crippen LogP contribution in [0.2, 0.25) is 0 Å². The number of methoxy groups -OCH3 is 1. The van der Waals surface area contributed by atoms with E-state index in [0.29, 0.717) is 24.2 Å². The highest BCUT2D eigenvalue weighted by Gasteiger charge is 2.23. The molecular formula is C16H13FO2. The van der Waals surface area contributed by atoms with Gasteiger partial charge in [0.1, 0.15) is 11.6 Å². The van der Waals surface area contributed by atoms with Gasteiger partial charge in [-0.1, -0.05) is 18.2 Å². The molecule has 1 aliphatic carbocycles. The highest BCUT2D eigenvalue weighted by molar-refractivity contribution is 6.02. The molecule has 0 bridgehead atoms.